The van der Waals surface area contributed by atoms with E-state index < -0.39 is 28.5 Å². The normalized spacial score (nSPS) is 15.2. The molecular formula is C28H38ClN3O4S. The summed E-state index contributed by atoms with van der Waals surface area (Å²) in [7, 11) is -3.82. The van der Waals surface area contributed by atoms with Gasteiger partial charge in [-0.3, -0.25) is 13.9 Å². The fraction of sp³-hybridized carbons (Fsp3) is 0.500. The molecule has 1 saturated carbocycles. The monoisotopic (exact) mass is 547 g/mol. The molecule has 0 heterocycles. The van der Waals surface area contributed by atoms with Crippen LogP contribution in [0.1, 0.15) is 62.1 Å². The molecule has 0 aromatic heterocycles. The van der Waals surface area contributed by atoms with Crippen molar-refractivity contribution < 1.29 is 18.0 Å². The summed E-state index contributed by atoms with van der Waals surface area (Å²) in [5.41, 5.74) is 2.92. The van der Waals surface area contributed by atoms with Crippen molar-refractivity contribution in [3.8, 4) is 0 Å². The van der Waals surface area contributed by atoms with E-state index in [9.17, 15) is 18.0 Å². The molecule has 1 aliphatic carbocycles. The molecule has 202 valence electrons. The molecule has 0 spiro atoms. The van der Waals surface area contributed by atoms with E-state index in [4.69, 9.17) is 11.6 Å². The SMILES string of the molecule is CCC(C(=O)NC1CCCCC1)N(Cc1ccccc1C)C(=O)CN(c1cc(Cl)ccc1C)S(C)(=O)=O. The van der Waals surface area contributed by atoms with Crippen LogP contribution in [0.15, 0.2) is 42.5 Å². The number of anilines is 1. The zero-order valence-electron chi connectivity index (χ0n) is 22.2. The fourth-order valence-electron chi connectivity index (χ4n) is 4.88. The zero-order chi connectivity index (χ0) is 27.2. The van der Waals surface area contributed by atoms with E-state index in [2.05, 4.69) is 5.32 Å². The number of amides is 2. The number of halogens is 1. The molecule has 1 fully saturated rings. The fourth-order valence-corrected chi connectivity index (χ4v) is 5.95. The van der Waals surface area contributed by atoms with Gasteiger partial charge in [0.25, 0.3) is 0 Å². The van der Waals surface area contributed by atoms with Crippen molar-refractivity contribution in [3.63, 3.8) is 0 Å². The highest BCUT2D eigenvalue weighted by molar-refractivity contribution is 7.92. The van der Waals surface area contributed by atoms with Crippen LogP contribution in [-0.4, -0.2) is 50.0 Å². The van der Waals surface area contributed by atoms with Gasteiger partial charge in [-0.25, -0.2) is 8.42 Å². The number of hydrogen-bond acceptors (Lipinski definition) is 4. The first-order valence-corrected chi connectivity index (χ1v) is 15.1. The van der Waals surface area contributed by atoms with Crippen molar-refractivity contribution in [2.75, 3.05) is 17.1 Å². The largest absolute Gasteiger partial charge is 0.352 e. The van der Waals surface area contributed by atoms with Crippen LogP contribution in [0.3, 0.4) is 0 Å². The molecule has 1 N–H and O–H groups in total. The minimum absolute atomic E-state index is 0.104. The van der Waals surface area contributed by atoms with Crippen LogP contribution >= 0.6 is 11.6 Å². The highest BCUT2D eigenvalue weighted by Gasteiger charge is 2.33. The first kappa shape index (κ1) is 29.0. The van der Waals surface area contributed by atoms with Crippen molar-refractivity contribution in [2.45, 2.75) is 77.9 Å². The second-order valence-electron chi connectivity index (χ2n) is 9.92. The molecule has 1 atom stereocenters. The van der Waals surface area contributed by atoms with Crippen LogP contribution in [0.25, 0.3) is 0 Å². The molecule has 3 rings (SSSR count). The Morgan fingerprint density at radius 2 is 1.73 bits per heavy atom. The van der Waals surface area contributed by atoms with E-state index in [-0.39, 0.29) is 18.5 Å². The van der Waals surface area contributed by atoms with Crippen LogP contribution in [0, 0.1) is 13.8 Å². The van der Waals surface area contributed by atoms with Crippen LogP contribution in [0.4, 0.5) is 5.69 Å². The van der Waals surface area contributed by atoms with Gasteiger partial charge in [-0.2, -0.15) is 0 Å². The first-order chi connectivity index (χ1) is 17.5. The van der Waals surface area contributed by atoms with Crippen LogP contribution in [0.5, 0.6) is 0 Å². The molecule has 0 saturated heterocycles. The maximum Gasteiger partial charge on any atom is 0.244 e. The Morgan fingerprint density at radius 1 is 1.05 bits per heavy atom. The van der Waals surface area contributed by atoms with Gasteiger partial charge in [0, 0.05) is 17.6 Å². The average Bonchev–Trinajstić information content (AvgIpc) is 2.85. The number of nitrogens with zero attached hydrogens (tertiary/aromatic N) is 2. The summed E-state index contributed by atoms with van der Waals surface area (Å²) < 4.78 is 26.7. The lowest BCUT2D eigenvalue weighted by atomic mass is 9.95. The van der Waals surface area contributed by atoms with Crippen LogP contribution in [0.2, 0.25) is 5.02 Å². The third-order valence-corrected chi connectivity index (χ3v) is 8.42. The lowest BCUT2D eigenvalue weighted by Gasteiger charge is -2.34. The maximum atomic E-state index is 13.9. The number of benzene rings is 2. The quantitative estimate of drug-likeness (QED) is 0.454. The molecule has 9 heteroatoms. The van der Waals surface area contributed by atoms with Gasteiger partial charge >= 0.3 is 0 Å². The molecule has 2 amide bonds. The highest BCUT2D eigenvalue weighted by atomic mass is 35.5. The lowest BCUT2D eigenvalue weighted by Crippen LogP contribution is -2.54. The van der Waals surface area contributed by atoms with Gasteiger partial charge in [0.1, 0.15) is 12.6 Å². The number of carbonyl (C=O) groups excluding carboxylic acids is 2. The van der Waals surface area contributed by atoms with Gasteiger partial charge < -0.3 is 10.2 Å². The number of rotatable bonds is 10. The molecule has 0 radical (unpaired) electrons. The summed E-state index contributed by atoms with van der Waals surface area (Å²) in [5, 5.41) is 3.53. The first-order valence-electron chi connectivity index (χ1n) is 12.9. The maximum absolute atomic E-state index is 13.9. The average molecular weight is 548 g/mol. The molecule has 2 aromatic carbocycles. The zero-order valence-corrected chi connectivity index (χ0v) is 23.7. The summed E-state index contributed by atoms with van der Waals surface area (Å²) in [5.74, 6) is -0.639. The van der Waals surface area contributed by atoms with Gasteiger partial charge in [0.05, 0.1) is 11.9 Å². The van der Waals surface area contributed by atoms with Crippen molar-refractivity contribution in [3.05, 3.63) is 64.2 Å². The lowest BCUT2D eigenvalue weighted by molar-refractivity contribution is -0.140. The minimum atomic E-state index is -3.82. The van der Waals surface area contributed by atoms with Gasteiger partial charge in [0.15, 0.2) is 0 Å². The molecule has 37 heavy (non-hydrogen) atoms. The Hall–Kier alpha value is -2.58. The van der Waals surface area contributed by atoms with E-state index in [1.165, 1.54) is 11.3 Å². The third-order valence-electron chi connectivity index (χ3n) is 7.06. The molecular weight excluding hydrogens is 510 g/mol. The van der Waals surface area contributed by atoms with E-state index in [1.54, 1.807) is 25.1 Å². The highest BCUT2D eigenvalue weighted by Crippen LogP contribution is 2.27. The molecule has 0 bridgehead atoms. The number of sulfonamides is 1. The number of hydrogen-bond donors (Lipinski definition) is 1. The van der Waals surface area contributed by atoms with Gasteiger partial charge in [-0.15, -0.1) is 0 Å². The Kier molecular flexibility index (Phi) is 10.0. The standard InChI is InChI=1S/C28H38ClN3O4S/c1-5-25(28(34)30-24-13-7-6-8-14-24)31(18-22-12-10-9-11-20(22)2)27(33)19-32(37(4,35)36)26-17-23(29)16-15-21(26)3/h9-12,15-17,24-25H,5-8,13-14,18-19H2,1-4H3,(H,30,34). The van der Waals surface area contributed by atoms with Crippen LogP contribution in [-0.2, 0) is 26.2 Å². The Labute approximate surface area is 226 Å². The van der Waals surface area contributed by atoms with E-state index in [0.29, 0.717) is 22.7 Å². The van der Waals surface area contributed by atoms with E-state index in [1.807, 2.05) is 38.1 Å². The molecule has 0 aliphatic heterocycles. The minimum Gasteiger partial charge on any atom is -0.352 e. The van der Waals surface area contributed by atoms with Crippen molar-refractivity contribution in [2.24, 2.45) is 0 Å². The summed E-state index contributed by atoms with van der Waals surface area (Å²) >= 11 is 6.17. The summed E-state index contributed by atoms with van der Waals surface area (Å²) in [4.78, 5) is 28.9. The second kappa shape index (κ2) is 12.8. The topological polar surface area (TPSA) is 86.8 Å². The second-order valence-corrected chi connectivity index (χ2v) is 12.3. The van der Waals surface area contributed by atoms with Crippen molar-refractivity contribution >= 4 is 39.1 Å². The van der Waals surface area contributed by atoms with Gasteiger partial charge in [-0.1, -0.05) is 68.1 Å². The Bertz CT molecular complexity index is 1210. The molecule has 1 unspecified atom stereocenters. The Balaban J connectivity index is 1.95. The van der Waals surface area contributed by atoms with Gasteiger partial charge in [-0.05, 0) is 61.9 Å². The molecule has 7 nitrogen and oxygen atoms in total. The smallest absolute Gasteiger partial charge is 0.244 e. The summed E-state index contributed by atoms with van der Waals surface area (Å²) in [6.07, 6.45) is 6.68. The molecule has 1 aliphatic rings. The van der Waals surface area contributed by atoms with Crippen LogP contribution < -0.4 is 9.62 Å². The summed E-state index contributed by atoms with van der Waals surface area (Å²) in [6.45, 7) is 5.37. The number of aryl methyl sites for hydroxylation is 2. The Morgan fingerprint density at radius 3 is 2.35 bits per heavy atom. The van der Waals surface area contributed by atoms with E-state index in [0.717, 1.165) is 47.4 Å². The van der Waals surface area contributed by atoms with Gasteiger partial charge in [0.2, 0.25) is 21.8 Å². The number of nitrogens with one attached hydrogen (secondary N) is 1. The summed E-state index contributed by atoms with van der Waals surface area (Å²) in [6, 6.07) is 12.0. The van der Waals surface area contributed by atoms with Crippen molar-refractivity contribution in [1.29, 1.82) is 0 Å². The molecule has 2 aromatic rings. The third kappa shape index (κ3) is 7.71. The van der Waals surface area contributed by atoms with E-state index >= 15 is 0 Å². The predicted octanol–water partition coefficient (Wildman–Crippen LogP) is 4.98. The predicted molar refractivity (Wildman–Crippen MR) is 149 cm³/mol. The number of carbonyl (C=O) groups is 2. The van der Waals surface area contributed by atoms with Crippen molar-refractivity contribution in [1.82, 2.24) is 10.2 Å².